The van der Waals surface area contributed by atoms with Crippen LogP contribution in [0.3, 0.4) is 0 Å². The second kappa shape index (κ2) is 5.91. The summed E-state index contributed by atoms with van der Waals surface area (Å²) in [6, 6.07) is 11.6. The van der Waals surface area contributed by atoms with Gasteiger partial charge in [0.05, 0.1) is 30.3 Å². The summed E-state index contributed by atoms with van der Waals surface area (Å²) < 4.78 is 5.24. The average molecular weight is 348 g/mol. The van der Waals surface area contributed by atoms with Gasteiger partial charge in [0.15, 0.2) is 0 Å². The van der Waals surface area contributed by atoms with Gasteiger partial charge in [0.25, 0.3) is 0 Å². The summed E-state index contributed by atoms with van der Waals surface area (Å²) >= 11 is 0. The number of H-pyrrole nitrogens is 1. The van der Waals surface area contributed by atoms with Gasteiger partial charge < -0.3 is 19.7 Å². The number of hydrogen-bond acceptors (Lipinski definition) is 4. The molecular formula is C20H20N4O2. The zero-order valence-corrected chi connectivity index (χ0v) is 14.9. The van der Waals surface area contributed by atoms with E-state index < -0.39 is 0 Å². The van der Waals surface area contributed by atoms with E-state index in [4.69, 9.17) is 10.1 Å². The lowest BCUT2D eigenvalue weighted by Crippen LogP contribution is -2.27. The number of aliphatic hydroxyl groups is 1. The molecule has 6 heteroatoms. The van der Waals surface area contributed by atoms with Crippen molar-refractivity contribution in [3.8, 4) is 5.75 Å². The number of amidine groups is 1. The normalized spacial score (nSPS) is 14.6. The monoisotopic (exact) mass is 348 g/mol. The highest BCUT2D eigenvalue weighted by Crippen LogP contribution is 2.33. The Hall–Kier alpha value is -3.28. The van der Waals surface area contributed by atoms with E-state index in [2.05, 4.69) is 16.0 Å². The van der Waals surface area contributed by atoms with Crippen LogP contribution in [0.25, 0.3) is 16.6 Å². The first-order valence-electron chi connectivity index (χ1n) is 8.38. The molecule has 6 nitrogen and oxygen atoms in total. The van der Waals surface area contributed by atoms with Gasteiger partial charge in [-0.05, 0) is 37.6 Å². The maximum atomic E-state index is 10.5. The smallest absolute Gasteiger partial charge is 0.145 e. The van der Waals surface area contributed by atoms with Crippen molar-refractivity contribution in [3.05, 3.63) is 59.1 Å². The van der Waals surface area contributed by atoms with Crippen molar-refractivity contribution >= 4 is 28.1 Å². The topological polar surface area (TPSA) is 85.2 Å². The summed E-state index contributed by atoms with van der Waals surface area (Å²) in [4.78, 5) is 9.53. The number of aryl methyl sites for hydroxylation is 2. The number of methoxy groups -OCH3 is 1. The minimum absolute atomic E-state index is 0.140. The molecule has 1 aliphatic rings. The van der Waals surface area contributed by atoms with Crippen LogP contribution >= 0.6 is 0 Å². The number of nitrogens with one attached hydrogen (secondary N) is 2. The first-order chi connectivity index (χ1) is 12.5. The molecule has 132 valence electrons. The van der Waals surface area contributed by atoms with Crippen molar-refractivity contribution in [2.24, 2.45) is 0 Å². The highest BCUT2D eigenvalue weighted by Gasteiger charge is 2.32. The van der Waals surface area contributed by atoms with Crippen LogP contribution < -0.4 is 9.64 Å². The fraction of sp³-hybridized carbons (Fsp3) is 0.200. The van der Waals surface area contributed by atoms with Crippen molar-refractivity contribution in [3.63, 3.8) is 0 Å². The Balaban J connectivity index is 1.73. The first kappa shape index (κ1) is 16.2. The summed E-state index contributed by atoms with van der Waals surface area (Å²) in [6.07, 6.45) is 0. The van der Waals surface area contributed by atoms with Crippen molar-refractivity contribution in [2.75, 3.05) is 18.6 Å². The number of fused-ring (bicyclic) bond motifs is 1. The number of ether oxygens (including phenoxy) is 1. The standard InChI is InChI=1S/C20H20N4O2/c1-11-4-7-16(12(2)8-11)24-10-17(25)18(19(24)21)20-22-14-6-5-13(26-3)9-15(14)23-20/h4-9,21,25H,10H2,1-3H3,(H,22,23). The summed E-state index contributed by atoms with van der Waals surface area (Å²) in [5.74, 6) is 1.59. The van der Waals surface area contributed by atoms with Gasteiger partial charge in [0.2, 0.25) is 0 Å². The number of nitrogens with zero attached hydrogens (tertiary/aromatic N) is 2. The average Bonchev–Trinajstić information content (AvgIpc) is 3.14. The fourth-order valence-corrected chi connectivity index (χ4v) is 3.38. The predicted molar refractivity (Wildman–Crippen MR) is 103 cm³/mol. The third-order valence-corrected chi connectivity index (χ3v) is 4.67. The number of benzene rings is 2. The number of anilines is 1. The predicted octanol–water partition coefficient (Wildman–Crippen LogP) is 3.95. The number of aromatic nitrogens is 2. The third-order valence-electron chi connectivity index (χ3n) is 4.67. The van der Waals surface area contributed by atoms with E-state index >= 15 is 0 Å². The van der Waals surface area contributed by atoms with E-state index in [1.165, 1.54) is 5.56 Å². The highest BCUT2D eigenvalue weighted by atomic mass is 16.5. The van der Waals surface area contributed by atoms with Crippen LogP contribution in [0.1, 0.15) is 17.0 Å². The fourth-order valence-electron chi connectivity index (χ4n) is 3.38. The zero-order chi connectivity index (χ0) is 18.4. The Morgan fingerprint density at radius 3 is 2.73 bits per heavy atom. The van der Waals surface area contributed by atoms with Crippen LogP contribution in [0.4, 0.5) is 5.69 Å². The molecule has 0 bridgehead atoms. The Bertz CT molecular complexity index is 1060. The van der Waals surface area contributed by atoms with Crippen molar-refractivity contribution < 1.29 is 9.84 Å². The van der Waals surface area contributed by atoms with Crippen LogP contribution in [-0.2, 0) is 0 Å². The van der Waals surface area contributed by atoms with Gasteiger partial charge in [0.1, 0.15) is 23.2 Å². The molecule has 0 fully saturated rings. The summed E-state index contributed by atoms with van der Waals surface area (Å²) in [6.45, 7) is 4.31. The minimum atomic E-state index is 0.140. The molecule has 2 aromatic carbocycles. The summed E-state index contributed by atoms with van der Waals surface area (Å²) in [5, 5.41) is 19.1. The molecule has 1 aromatic heterocycles. The molecule has 2 heterocycles. The van der Waals surface area contributed by atoms with Crippen LogP contribution in [0, 0.1) is 19.3 Å². The number of aliphatic hydroxyl groups excluding tert-OH is 1. The molecule has 0 radical (unpaired) electrons. The number of hydrogen-bond donors (Lipinski definition) is 3. The second-order valence-corrected chi connectivity index (χ2v) is 6.51. The van der Waals surface area contributed by atoms with Crippen LogP contribution in [-0.4, -0.2) is 34.6 Å². The first-order valence-corrected chi connectivity index (χ1v) is 8.38. The van der Waals surface area contributed by atoms with Crippen LogP contribution in [0.2, 0.25) is 0 Å². The van der Waals surface area contributed by atoms with E-state index in [1.807, 2.05) is 44.2 Å². The van der Waals surface area contributed by atoms with Gasteiger partial charge in [0, 0.05) is 11.8 Å². The Kier molecular flexibility index (Phi) is 3.68. The Morgan fingerprint density at radius 2 is 2.00 bits per heavy atom. The lowest BCUT2D eigenvalue weighted by atomic mass is 10.1. The molecule has 26 heavy (non-hydrogen) atoms. The van der Waals surface area contributed by atoms with E-state index in [9.17, 15) is 5.11 Å². The lowest BCUT2D eigenvalue weighted by Gasteiger charge is -2.21. The maximum Gasteiger partial charge on any atom is 0.145 e. The molecule has 0 atom stereocenters. The van der Waals surface area contributed by atoms with E-state index in [0.29, 0.717) is 11.4 Å². The number of rotatable bonds is 3. The van der Waals surface area contributed by atoms with Crippen molar-refractivity contribution in [1.82, 2.24) is 9.97 Å². The quantitative estimate of drug-likeness (QED) is 0.669. The van der Waals surface area contributed by atoms with Gasteiger partial charge >= 0.3 is 0 Å². The van der Waals surface area contributed by atoms with E-state index in [1.54, 1.807) is 12.0 Å². The molecule has 0 amide bonds. The molecule has 3 aromatic rings. The van der Waals surface area contributed by atoms with E-state index in [-0.39, 0.29) is 18.1 Å². The molecular weight excluding hydrogens is 328 g/mol. The van der Waals surface area contributed by atoms with Crippen LogP contribution in [0.15, 0.2) is 42.2 Å². The number of imidazole rings is 1. The molecule has 0 aliphatic carbocycles. The highest BCUT2D eigenvalue weighted by molar-refractivity contribution is 6.30. The summed E-state index contributed by atoms with van der Waals surface area (Å²) in [7, 11) is 1.61. The van der Waals surface area contributed by atoms with Gasteiger partial charge in [-0.25, -0.2) is 4.98 Å². The van der Waals surface area contributed by atoms with Crippen molar-refractivity contribution in [1.29, 1.82) is 5.41 Å². The molecule has 1 aliphatic heterocycles. The minimum Gasteiger partial charge on any atom is -0.509 e. The molecule has 0 saturated heterocycles. The summed E-state index contributed by atoms with van der Waals surface area (Å²) in [5.41, 5.74) is 5.15. The maximum absolute atomic E-state index is 10.5. The SMILES string of the molecule is COc1ccc2nc(C3=C(O)CN(c4ccc(C)cc4C)C3=N)[nH]c2c1. The molecule has 4 rings (SSSR count). The van der Waals surface area contributed by atoms with Gasteiger partial charge in [-0.15, -0.1) is 0 Å². The third kappa shape index (κ3) is 2.50. The Labute approximate surface area is 151 Å². The zero-order valence-electron chi connectivity index (χ0n) is 14.9. The Morgan fingerprint density at radius 1 is 1.19 bits per heavy atom. The lowest BCUT2D eigenvalue weighted by molar-refractivity contribution is 0.411. The van der Waals surface area contributed by atoms with Gasteiger partial charge in [-0.2, -0.15) is 0 Å². The van der Waals surface area contributed by atoms with E-state index in [0.717, 1.165) is 28.0 Å². The molecule has 0 saturated carbocycles. The number of aromatic amines is 1. The molecule has 0 spiro atoms. The second-order valence-electron chi connectivity index (χ2n) is 6.51. The van der Waals surface area contributed by atoms with Crippen molar-refractivity contribution in [2.45, 2.75) is 13.8 Å². The molecule has 3 N–H and O–H groups in total. The largest absolute Gasteiger partial charge is 0.509 e. The molecule has 0 unspecified atom stereocenters. The van der Waals surface area contributed by atoms with Crippen LogP contribution in [0.5, 0.6) is 5.75 Å². The van der Waals surface area contributed by atoms with Gasteiger partial charge in [-0.1, -0.05) is 17.7 Å². The van der Waals surface area contributed by atoms with Gasteiger partial charge in [-0.3, -0.25) is 5.41 Å².